The van der Waals surface area contributed by atoms with Crippen molar-refractivity contribution in [1.29, 1.82) is 0 Å². The van der Waals surface area contributed by atoms with Gasteiger partial charge in [-0.25, -0.2) is 0 Å². The Labute approximate surface area is 116 Å². The van der Waals surface area contributed by atoms with E-state index in [0.29, 0.717) is 11.8 Å². The van der Waals surface area contributed by atoms with Crippen molar-refractivity contribution < 1.29 is 14.6 Å². The minimum absolute atomic E-state index is 0.118. The average Bonchev–Trinajstić information content (AvgIpc) is 2.48. The van der Waals surface area contributed by atoms with Crippen molar-refractivity contribution in [3.05, 3.63) is 0 Å². The summed E-state index contributed by atoms with van der Waals surface area (Å²) in [5.74, 6) is 0.910. The molecular weight excluding hydrogens is 240 g/mol. The first-order valence-corrected chi connectivity index (χ1v) is 8.19. The maximum absolute atomic E-state index is 10.7. The molecule has 2 atom stereocenters. The molecule has 0 aromatic carbocycles. The molecule has 2 aliphatic heterocycles. The van der Waals surface area contributed by atoms with Crippen LogP contribution < -0.4 is 0 Å². The summed E-state index contributed by atoms with van der Waals surface area (Å²) >= 11 is 0. The van der Waals surface area contributed by atoms with E-state index in [1.165, 1.54) is 32.1 Å². The molecule has 1 aliphatic carbocycles. The zero-order chi connectivity index (χ0) is 13.1. The molecule has 0 amide bonds. The topological polar surface area (TPSA) is 38.7 Å². The number of hydrogen-bond acceptors (Lipinski definition) is 3. The second kappa shape index (κ2) is 6.11. The van der Waals surface area contributed by atoms with Crippen LogP contribution in [0.5, 0.6) is 0 Å². The predicted octanol–water partition coefficient (Wildman–Crippen LogP) is 2.90. The molecule has 0 bridgehead atoms. The van der Waals surface area contributed by atoms with Crippen LogP contribution in [-0.2, 0) is 9.47 Å². The fraction of sp³-hybridized carbons (Fsp3) is 1.00. The smallest absolute Gasteiger partial charge is 0.0686 e. The zero-order valence-electron chi connectivity index (χ0n) is 12.0. The van der Waals surface area contributed by atoms with Crippen LogP contribution in [0.25, 0.3) is 0 Å². The van der Waals surface area contributed by atoms with Gasteiger partial charge in [0.2, 0.25) is 0 Å². The van der Waals surface area contributed by atoms with Gasteiger partial charge in [0.15, 0.2) is 0 Å². The largest absolute Gasteiger partial charge is 0.393 e. The fourth-order valence-corrected chi connectivity index (χ4v) is 4.34. The summed E-state index contributed by atoms with van der Waals surface area (Å²) in [6.45, 7) is 2.51. The van der Waals surface area contributed by atoms with Crippen molar-refractivity contribution in [3.63, 3.8) is 0 Å². The van der Waals surface area contributed by atoms with E-state index in [-0.39, 0.29) is 11.7 Å². The molecule has 3 rings (SSSR count). The summed E-state index contributed by atoms with van der Waals surface area (Å²) in [6, 6.07) is 0. The molecule has 110 valence electrons. The number of rotatable bonds is 2. The molecule has 1 spiro atoms. The number of ether oxygens (including phenoxy) is 2. The minimum atomic E-state index is -0.133. The highest BCUT2D eigenvalue weighted by atomic mass is 16.5. The first-order chi connectivity index (χ1) is 9.29. The SMILES string of the molecule is OC(C1CCOCC1)C1CCOC2(CCCCC2)C1. The molecule has 2 heterocycles. The first kappa shape index (κ1) is 13.8. The molecule has 2 saturated heterocycles. The van der Waals surface area contributed by atoms with Gasteiger partial charge in [-0.05, 0) is 50.4 Å². The average molecular weight is 268 g/mol. The Morgan fingerprint density at radius 1 is 0.895 bits per heavy atom. The summed E-state index contributed by atoms with van der Waals surface area (Å²) in [5.41, 5.74) is 0.118. The second-order valence-electron chi connectivity index (χ2n) is 6.79. The lowest BCUT2D eigenvalue weighted by atomic mass is 9.72. The Kier molecular flexibility index (Phi) is 4.45. The van der Waals surface area contributed by atoms with Gasteiger partial charge >= 0.3 is 0 Å². The van der Waals surface area contributed by atoms with E-state index in [0.717, 1.165) is 45.5 Å². The Morgan fingerprint density at radius 3 is 2.32 bits per heavy atom. The van der Waals surface area contributed by atoms with Gasteiger partial charge in [-0.1, -0.05) is 19.3 Å². The lowest BCUT2D eigenvalue weighted by Gasteiger charge is -2.46. The van der Waals surface area contributed by atoms with Crippen LogP contribution in [0.2, 0.25) is 0 Å². The van der Waals surface area contributed by atoms with Crippen molar-refractivity contribution in [3.8, 4) is 0 Å². The van der Waals surface area contributed by atoms with Gasteiger partial charge < -0.3 is 14.6 Å². The normalized spacial score (nSPS) is 34.3. The quantitative estimate of drug-likeness (QED) is 0.837. The van der Waals surface area contributed by atoms with E-state index < -0.39 is 0 Å². The highest BCUT2D eigenvalue weighted by Crippen LogP contribution is 2.43. The minimum Gasteiger partial charge on any atom is -0.393 e. The van der Waals surface area contributed by atoms with Crippen LogP contribution in [0.3, 0.4) is 0 Å². The molecule has 0 radical (unpaired) electrons. The molecule has 3 heteroatoms. The number of hydrogen-bond donors (Lipinski definition) is 1. The van der Waals surface area contributed by atoms with E-state index in [1.807, 2.05) is 0 Å². The highest BCUT2D eigenvalue weighted by Gasteiger charge is 2.42. The molecule has 1 N–H and O–H groups in total. The van der Waals surface area contributed by atoms with Crippen LogP contribution in [-0.4, -0.2) is 36.6 Å². The maximum atomic E-state index is 10.7. The third kappa shape index (κ3) is 3.14. The van der Waals surface area contributed by atoms with Crippen molar-refractivity contribution >= 4 is 0 Å². The molecule has 3 aliphatic rings. The molecule has 3 fully saturated rings. The fourth-order valence-electron chi connectivity index (χ4n) is 4.34. The van der Waals surface area contributed by atoms with Crippen LogP contribution >= 0.6 is 0 Å². The zero-order valence-corrected chi connectivity index (χ0v) is 12.0. The van der Waals surface area contributed by atoms with Gasteiger partial charge in [0, 0.05) is 19.8 Å². The van der Waals surface area contributed by atoms with E-state index in [1.54, 1.807) is 0 Å². The number of aliphatic hydroxyl groups excluding tert-OH is 1. The summed E-state index contributed by atoms with van der Waals surface area (Å²) in [7, 11) is 0. The lowest BCUT2D eigenvalue weighted by Crippen LogP contribution is -2.46. The Balaban J connectivity index is 1.60. The molecule has 0 aromatic rings. The highest BCUT2D eigenvalue weighted by molar-refractivity contribution is 4.92. The van der Waals surface area contributed by atoms with Gasteiger partial charge in [0.25, 0.3) is 0 Å². The van der Waals surface area contributed by atoms with Crippen LogP contribution in [0, 0.1) is 11.8 Å². The summed E-state index contributed by atoms with van der Waals surface area (Å²) < 4.78 is 11.5. The van der Waals surface area contributed by atoms with Crippen molar-refractivity contribution in [2.75, 3.05) is 19.8 Å². The Bertz CT molecular complexity index is 274. The van der Waals surface area contributed by atoms with Crippen LogP contribution in [0.15, 0.2) is 0 Å². The second-order valence-corrected chi connectivity index (χ2v) is 6.79. The molecule has 0 aromatic heterocycles. The summed E-state index contributed by atoms with van der Waals surface area (Å²) in [5, 5.41) is 10.7. The molecule has 2 unspecified atom stereocenters. The predicted molar refractivity (Wildman–Crippen MR) is 74.0 cm³/mol. The van der Waals surface area contributed by atoms with Crippen molar-refractivity contribution in [1.82, 2.24) is 0 Å². The van der Waals surface area contributed by atoms with Crippen LogP contribution in [0.4, 0.5) is 0 Å². The lowest BCUT2D eigenvalue weighted by molar-refractivity contribution is -0.143. The Hall–Kier alpha value is -0.120. The summed E-state index contributed by atoms with van der Waals surface area (Å²) in [4.78, 5) is 0. The van der Waals surface area contributed by atoms with E-state index >= 15 is 0 Å². The first-order valence-electron chi connectivity index (χ1n) is 8.19. The summed E-state index contributed by atoms with van der Waals surface area (Å²) in [6.07, 6.45) is 10.5. The monoisotopic (exact) mass is 268 g/mol. The molecule has 3 nitrogen and oxygen atoms in total. The van der Waals surface area contributed by atoms with Gasteiger partial charge in [0.1, 0.15) is 0 Å². The third-order valence-corrected chi connectivity index (χ3v) is 5.53. The van der Waals surface area contributed by atoms with Gasteiger partial charge in [0.05, 0.1) is 11.7 Å². The maximum Gasteiger partial charge on any atom is 0.0686 e. The van der Waals surface area contributed by atoms with Crippen LogP contribution in [0.1, 0.15) is 57.8 Å². The van der Waals surface area contributed by atoms with E-state index in [4.69, 9.17) is 9.47 Å². The van der Waals surface area contributed by atoms with E-state index in [9.17, 15) is 5.11 Å². The van der Waals surface area contributed by atoms with Gasteiger partial charge in [-0.3, -0.25) is 0 Å². The van der Waals surface area contributed by atoms with E-state index in [2.05, 4.69) is 0 Å². The third-order valence-electron chi connectivity index (χ3n) is 5.53. The van der Waals surface area contributed by atoms with Crippen molar-refractivity contribution in [2.45, 2.75) is 69.5 Å². The van der Waals surface area contributed by atoms with Gasteiger partial charge in [-0.15, -0.1) is 0 Å². The number of aliphatic hydroxyl groups is 1. The molecule has 19 heavy (non-hydrogen) atoms. The van der Waals surface area contributed by atoms with Gasteiger partial charge in [-0.2, -0.15) is 0 Å². The molecular formula is C16H28O3. The standard InChI is InChI=1S/C16H28O3/c17-15(13-4-9-18-10-5-13)14-6-11-19-16(12-14)7-2-1-3-8-16/h13-15,17H,1-12H2. The Morgan fingerprint density at radius 2 is 1.58 bits per heavy atom. The van der Waals surface area contributed by atoms with Crippen molar-refractivity contribution in [2.24, 2.45) is 11.8 Å². The molecule has 1 saturated carbocycles.